The Morgan fingerprint density at radius 1 is 1.11 bits per heavy atom. The number of likely N-dealkylation sites (N-methyl/N-ethyl adjacent to an activating group) is 1. The van der Waals surface area contributed by atoms with E-state index in [1.807, 2.05) is 30.5 Å². The number of pyridine rings is 1. The van der Waals surface area contributed by atoms with E-state index in [1.165, 1.54) is 6.42 Å². The van der Waals surface area contributed by atoms with Crippen molar-refractivity contribution in [3.63, 3.8) is 0 Å². The summed E-state index contributed by atoms with van der Waals surface area (Å²) in [5.74, 6) is 1.27. The topological polar surface area (TPSA) is 150 Å². The molecule has 9 atom stereocenters. The molecule has 3 aliphatic heterocycles. The van der Waals surface area contributed by atoms with Gasteiger partial charge in [-0.05, 0) is 56.0 Å². The highest BCUT2D eigenvalue weighted by Gasteiger charge is 2.42. The summed E-state index contributed by atoms with van der Waals surface area (Å²) in [6.07, 6.45) is 0.114. The molecule has 35 heavy (non-hydrogen) atoms. The number of aromatic nitrogens is 1. The van der Waals surface area contributed by atoms with Gasteiger partial charge in [0.1, 0.15) is 18.3 Å². The van der Waals surface area contributed by atoms with Crippen LogP contribution in [0.5, 0.6) is 0 Å². The van der Waals surface area contributed by atoms with E-state index in [1.54, 1.807) is 7.05 Å². The molecular formula is C26H39N3O6. The Morgan fingerprint density at radius 2 is 1.83 bits per heavy atom. The second kappa shape index (κ2) is 12.8. The van der Waals surface area contributed by atoms with Crippen molar-refractivity contribution in [3.8, 4) is 0 Å². The molecule has 0 saturated carbocycles. The normalized spacial score (nSPS) is 27.9. The molecule has 4 heterocycles. The average molecular weight is 490 g/mol. The lowest BCUT2D eigenvalue weighted by Gasteiger charge is -2.50. The quantitative estimate of drug-likeness (QED) is 0.238. The standard InChI is InChI=1S/C19H22N2O.C7H17NO5/c1-2-13-12-21-10-8-14(13)11-18(21)19(22)16-7-9-20-17-6-4-3-5-15(16)17;1-8-2-4(10)6(12)7(13)5(11)3-9/h2-7,9,13-14,18-19,22H,1,8,10-12H2;4-13H,2-3H2,1H3/t13-,14-,18+,19-;4-,5+,6+,7+/m00/s1. The van der Waals surface area contributed by atoms with Gasteiger partial charge in [0.05, 0.1) is 24.3 Å². The van der Waals surface area contributed by atoms with Crippen LogP contribution >= 0.6 is 0 Å². The number of fused-ring (bicyclic) bond motifs is 4. The van der Waals surface area contributed by atoms with E-state index in [9.17, 15) is 10.2 Å². The molecule has 0 radical (unpaired) electrons. The summed E-state index contributed by atoms with van der Waals surface area (Å²) < 4.78 is 0. The maximum atomic E-state index is 11.0. The van der Waals surface area contributed by atoms with Gasteiger partial charge in [-0.3, -0.25) is 9.88 Å². The summed E-state index contributed by atoms with van der Waals surface area (Å²) in [4.78, 5) is 6.86. The van der Waals surface area contributed by atoms with Crippen LogP contribution in [-0.2, 0) is 0 Å². The minimum absolute atomic E-state index is 0.0936. The summed E-state index contributed by atoms with van der Waals surface area (Å²) in [5, 5.41) is 59.6. The SMILES string of the molecule is C=C[C@H]1C[N@]2CC[C@H]1C[C@@H]2[C@@H](O)c1ccnc2ccccc12.CNC[C@H](O)[C@@H](O)[C@H](O)[C@H](O)CO. The minimum Gasteiger partial charge on any atom is -0.394 e. The average Bonchev–Trinajstić information content (AvgIpc) is 2.91. The van der Waals surface area contributed by atoms with Gasteiger partial charge in [-0.15, -0.1) is 6.58 Å². The lowest BCUT2D eigenvalue weighted by Crippen LogP contribution is -2.54. The van der Waals surface area contributed by atoms with E-state index in [-0.39, 0.29) is 12.6 Å². The Morgan fingerprint density at radius 3 is 2.46 bits per heavy atom. The van der Waals surface area contributed by atoms with E-state index in [0.717, 1.165) is 36.0 Å². The van der Waals surface area contributed by atoms with Crippen molar-refractivity contribution in [2.75, 3.05) is 33.3 Å². The molecule has 0 unspecified atom stereocenters. The number of benzene rings is 1. The minimum atomic E-state index is -1.55. The highest BCUT2D eigenvalue weighted by atomic mass is 16.4. The Bertz CT molecular complexity index is 941. The third kappa shape index (κ3) is 6.44. The van der Waals surface area contributed by atoms with Crippen LogP contribution in [0.1, 0.15) is 24.5 Å². The Kier molecular flexibility index (Phi) is 10.1. The van der Waals surface area contributed by atoms with Crippen LogP contribution in [-0.4, -0.2) is 104 Å². The van der Waals surface area contributed by atoms with Crippen molar-refractivity contribution in [1.82, 2.24) is 15.2 Å². The summed E-state index contributed by atoms with van der Waals surface area (Å²) in [5.41, 5.74) is 1.97. The first kappa shape index (κ1) is 27.6. The van der Waals surface area contributed by atoms with Crippen molar-refractivity contribution in [2.24, 2.45) is 11.8 Å². The smallest absolute Gasteiger partial charge is 0.111 e. The largest absolute Gasteiger partial charge is 0.394 e. The van der Waals surface area contributed by atoms with Gasteiger partial charge in [0.2, 0.25) is 0 Å². The molecule has 1 aromatic heterocycles. The van der Waals surface area contributed by atoms with Gasteiger partial charge in [-0.1, -0.05) is 24.3 Å². The number of piperidine rings is 3. The summed E-state index contributed by atoms with van der Waals surface area (Å²) >= 11 is 0. The molecule has 1 aromatic carbocycles. The Balaban J connectivity index is 0.000000228. The highest BCUT2D eigenvalue weighted by molar-refractivity contribution is 5.82. The summed E-state index contributed by atoms with van der Waals surface area (Å²) in [6.45, 7) is 5.54. The monoisotopic (exact) mass is 489 g/mol. The highest BCUT2D eigenvalue weighted by Crippen LogP contribution is 2.41. The predicted octanol–water partition coefficient (Wildman–Crippen LogP) is -0.194. The summed E-state index contributed by atoms with van der Waals surface area (Å²) in [7, 11) is 1.57. The molecule has 2 bridgehead atoms. The van der Waals surface area contributed by atoms with E-state index in [4.69, 9.17) is 20.4 Å². The van der Waals surface area contributed by atoms with E-state index >= 15 is 0 Å². The first-order chi connectivity index (χ1) is 16.8. The fourth-order valence-corrected chi connectivity index (χ4v) is 5.18. The molecular weight excluding hydrogens is 450 g/mol. The van der Waals surface area contributed by atoms with Crippen LogP contribution in [0, 0.1) is 11.8 Å². The Labute approximate surface area is 206 Å². The van der Waals surface area contributed by atoms with Crippen LogP contribution in [0.3, 0.4) is 0 Å². The van der Waals surface area contributed by atoms with E-state index in [0.29, 0.717) is 11.8 Å². The molecule has 0 amide bonds. The van der Waals surface area contributed by atoms with Crippen LogP contribution in [0.25, 0.3) is 10.9 Å². The second-order valence-corrected chi connectivity index (χ2v) is 9.46. The molecule has 5 rings (SSSR count). The predicted molar refractivity (Wildman–Crippen MR) is 134 cm³/mol. The maximum absolute atomic E-state index is 11.0. The number of hydrogen-bond donors (Lipinski definition) is 7. The molecule has 194 valence electrons. The molecule has 9 nitrogen and oxygen atoms in total. The lowest BCUT2D eigenvalue weighted by atomic mass is 9.73. The third-order valence-electron chi connectivity index (χ3n) is 7.26. The lowest BCUT2D eigenvalue weighted by molar-refractivity contribution is -0.113. The molecule has 3 saturated heterocycles. The first-order valence-electron chi connectivity index (χ1n) is 12.2. The number of nitrogens with one attached hydrogen (secondary N) is 1. The van der Waals surface area contributed by atoms with Crippen molar-refractivity contribution < 1.29 is 30.6 Å². The fraction of sp³-hybridized carbons (Fsp3) is 0.577. The zero-order valence-corrected chi connectivity index (χ0v) is 20.2. The molecule has 2 aromatic rings. The zero-order chi connectivity index (χ0) is 25.5. The van der Waals surface area contributed by atoms with Crippen molar-refractivity contribution in [1.29, 1.82) is 0 Å². The first-order valence-corrected chi connectivity index (χ1v) is 12.2. The number of aliphatic hydroxyl groups excluding tert-OH is 6. The third-order valence-corrected chi connectivity index (χ3v) is 7.26. The number of nitrogens with zero attached hydrogens (tertiary/aromatic N) is 2. The van der Waals surface area contributed by atoms with Gasteiger partial charge in [0.15, 0.2) is 0 Å². The number of hydrogen-bond acceptors (Lipinski definition) is 9. The van der Waals surface area contributed by atoms with Gasteiger partial charge < -0.3 is 36.0 Å². The second-order valence-electron chi connectivity index (χ2n) is 9.46. The molecule has 0 aliphatic carbocycles. The van der Waals surface area contributed by atoms with Crippen molar-refractivity contribution in [3.05, 3.63) is 54.7 Å². The van der Waals surface area contributed by atoms with Gasteiger partial charge in [-0.25, -0.2) is 0 Å². The molecule has 7 N–H and O–H groups in total. The van der Waals surface area contributed by atoms with E-state index in [2.05, 4.69) is 33.9 Å². The zero-order valence-electron chi connectivity index (χ0n) is 20.2. The fourth-order valence-electron chi connectivity index (χ4n) is 5.18. The van der Waals surface area contributed by atoms with Gasteiger partial charge in [-0.2, -0.15) is 0 Å². The summed E-state index contributed by atoms with van der Waals surface area (Å²) in [6, 6.07) is 10.3. The molecule has 0 spiro atoms. The van der Waals surface area contributed by atoms with Crippen LogP contribution in [0.4, 0.5) is 0 Å². The van der Waals surface area contributed by atoms with Crippen LogP contribution in [0.2, 0.25) is 0 Å². The number of aliphatic hydroxyl groups is 6. The number of rotatable bonds is 9. The molecule has 3 aliphatic rings. The van der Waals surface area contributed by atoms with Crippen molar-refractivity contribution >= 4 is 10.9 Å². The van der Waals surface area contributed by atoms with E-state index < -0.39 is 37.1 Å². The van der Waals surface area contributed by atoms with Crippen molar-refractivity contribution in [2.45, 2.75) is 49.4 Å². The van der Waals surface area contributed by atoms with Gasteiger partial charge in [0.25, 0.3) is 0 Å². The van der Waals surface area contributed by atoms with Crippen LogP contribution < -0.4 is 5.32 Å². The molecule has 9 heteroatoms. The maximum Gasteiger partial charge on any atom is 0.111 e. The van der Waals surface area contributed by atoms with Crippen LogP contribution in [0.15, 0.2) is 49.2 Å². The van der Waals surface area contributed by atoms with Gasteiger partial charge in [0, 0.05) is 30.7 Å². The molecule has 3 fully saturated rings. The number of para-hydroxylation sites is 1. The van der Waals surface area contributed by atoms with Gasteiger partial charge >= 0.3 is 0 Å². The Hall–Kier alpha value is -1.95.